The van der Waals surface area contributed by atoms with Crippen molar-refractivity contribution < 1.29 is 28.6 Å². The molecule has 1 aliphatic heterocycles. The van der Waals surface area contributed by atoms with Crippen LogP contribution in [-0.4, -0.2) is 22.5 Å². The fourth-order valence-corrected chi connectivity index (χ4v) is 3.69. The summed E-state index contributed by atoms with van der Waals surface area (Å²) in [6.07, 6.45) is 3.90. The minimum atomic E-state index is -0.780. The van der Waals surface area contributed by atoms with Crippen LogP contribution in [0.4, 0.5) is 0 Å². The van der Waals surface area contributed by atoms with Crippen molar-refractivity contribution in [2.45, 2.75) is 65.6 Å². The highest BCUT2D eigenvalue weighted by Gasteiger charge is 2.34. The maximum atomic E-state index is 12.9. The predicted octanol–water partition coefficient (Wildman–Crippen LogP) is 4.68. The van der Waals surface area contributed by atoms with Crippen molar-refractivity contribution in [2.75, 3.05) is 0 Å². The van der Waals surface area contributed by atoms with E-state index in [0.29, 0.717) is 24.0 Å². The zero-order valence-corrected chi connectivity index (χ0v) is 17.8. The Labute approximate surface area is 174 Å². The maximum absolute atomic E-state index is 12.9. The molecule has 1 aliphatic rings. The second-order valence-corrected chi connectivity index (χ2v) is 7.91. The number of rotatable bonds is 6. The minimum absolute atomic E-state index is 0.0459. The van der Waals surface area contributed by atoms with Gasteiger partial charge < -0.3 is 19.0 Å². The zero-order valence-electron chi connectivity index (χ0n) is 17.8. The molecule has 3 rings (SSSR count). The molecule has 0 amide bonds. The first-order chi connectivity index (χ1) is 14.1. The smallest absolute Gasteiger partial charge is 0.336 e. The summed E-state index contributed by atoms with van der Waals surface area (Å²) in [4.78, 5) is 36.9. The Morgan fingerprint density at radius 3 is 2.57 bits per heavy atom. The van der Waals surface area contributed by atoms with Gasteiger partial charge in [-0.2, -0.15) is 0 Å². The highest BCUT2D eigenvalue weighted by Crippen LogP contribution is 2.47. The molecule has 2 heterocycles. The lowest BCUT2D eigenvalue weighted by atomic mass is 9.91. The first-order valence-electron chi connectivity index (χ1n) is 10.0. The third-order valence-electron chi connectivity index (χ3n) is 4.98. The Morgan fingerprint density at radius 2 is 1.97 bits per heavy atom. The molecule has 0 fully saturated rings. The molecule has 1 aromatic heterocycles. The van der Waals surface area contributed by atoms with Gasteiger partial charge in [0.1, 0.15) is 28.8 Å². The number of phenols is 1. The van der Waals surface area contributed by atoms with Crippen molar-refractivity contribution in [3.63, 3.8) is 0 Å². The fourth-order valence-electron chi connectivity index (χ4n) is 3.69. The average molecular weight is 414 g/mol. The summed E-state index contributed by atoms with van der Waals surface area (Å²) in [5.74, 6) is -0.950. The van der Waals surface area contributed by atoms with E-state index in [0.717, 1.165) is 0 Å². The van der Waals surface area contributed by atoms with Gasteiger partial charge in [-0.05, 0) is 38.8 Å². The van der Waals surface area contributed by atoms with Gasteiger partial charge >= 0.3 is 11.6 Å². The summed E-state index contributed by atoms with van der Waals surface area (Å²) in [6, 6.07) is 1.19. The van der Waals surface area contributed by atoms with E-state index in [2.05, 4.69) is 0 Å². The molecule has 30 heavy (non-hydrogen) atoms. The van der Waals surface area contributed by atoms with Gasteiger partial charge in [-0.3, -0.25) is 9.59 Å². The summed E-state index contributed by atoms with van der Waals surface area (Å²) >= 11 is 0. The number of hydrogen-bond donors (Lipinski definition) is 1. The van der Waals surface area contributed by atoms with Crippen molar-refractivity contribution in [3.05, 3.63) is 39.3 Å². The van der Waals surface area contributed by atoms with Crippen LogP contribution in [0.25, 0.3) is 17.0 Å². The number of ether oxygens (including phenoxy) is 2. The molecule has 160 valence electrons. The number of Topliss-reactive ketones (excluding diaryl/α,β-unsaturated/α-hetero) is 1. The average Bonchev–Trinajstić information content (AvgIpc) is 2.64. The highest BCUT2D eigenvalue weighted by atomic mass is 16.5. The van der Waals surface area contributed by atoms with Crippen molar-refractivity contribution in [3.8, 4) is 11.5 Å². The molecule has 0 spiro atoms. The van der Waals surface area contributed by atoms with Crippen LogP contribution in [0.1, 0.15) is 81.5 Å². The number of benzene rings is 1. The second-order valence-electron chi connectivity index (χ2n) is 7.91. The zero-order chi connectivity index (χ0) is 22.2. The van der Waals surface area contributed by atoms with Crippen LogP contribution in [0.2, 0.25) is 0 Å². The van der Waals surface area contributed by atoms with E-state index in [4.69, 9.17) is 13.9 Å². The topological polar surface area (TPSA) is 103 Å². The minimum Gasteiger partial charge on any atom is -0.506 e. The summed E-state index contributed by atoms with van der Waals surface area (Å²) in [5, 5.41) is 11.4. The van der Waals surface area contributed by atoms with Crippen LogP contribution in [-0.2, 0) is 9.53 Å². The lowest BCUT2D eigenvalue weighted by Crippen LogP contribution is -2.29. The molecule has 2 aromatic rings. The van der Waals surface area contributed by atoms with Crippen molar-refractivity contribution >= 4 is 28.8 Å². The SMILES string of the molecule is CCCC(=O)c1c2c(c3oc(=O)cc([C@@H](CC)OC(C)=O)c3c1O)C=CC(C)(C)O2. The summed E-state index contributed by atoms with van der Waals surface area (Å²) in [6.45, 7) is 8.57. The quantitative estimate of drug-likeness (QED) is 0.416. The summed E-state index contributed by atoms with van der Waals surface area (Å²) in [5.41, 5.74) is -0.535. The van der Waals surface area contributed by atoms with Gasteiger partial charge in [0.2, 0.25) is 0 Å². The molecule has 0 saturated carbocycles. The predicted molar refractivity (Wildman–Crippen MR) is 112 cm³/mol. The number of hydrogen-bond acceptors (Lipinski definition) is 7. The molecule has 0 aliphatic carbocycles. The van der Waals surface area contributed by atoms with E-state index in [1.165, 1.54) is 13.0 Å². The maximum Gasteiger partial charge on any atom is 0.336 e. The van der Waals surface area contributed by atoms with Gasteiger partial charge in [0, 0.05) is 25.0 Å². The van der Waals surface area contributed by atoms with Gasteiger partial charge in [0.15, 0.2) is 11.4 Å². The number of fused-ring (bicyclic) bond motifs is 3. The number of carbonyl (C=O) groups is 2. The second kappa shape index (κ2) is 7.97. The Balaban J connectivity index is 2.45. The van der Waals surface area contributed by atoms with Crippen molar-refractivity contribution in [1.29, 1.82) is 0 Å². The van der Waals surface area contributed by atoms with Gasteiger partial charge in [0.25, 0.3) is 0 Å². The monoisotopic (exact) mass is 414 g/mol. The molecule has 7 nitrogen and oxygen atoms in total. The summed E-state index contributed by atoms with van der Waals surface area (Å²) in [7, 11) is 0. The Morgan fingerprint density at radius 1 is 1.27 bits per heavy atom. The van der Waals surface area contributed by atoms with Crippen molar-refractivity contribution in [2.24, 2.45) is 0 Å². The molecule has 1 N–H and O–H groups in total. The van der Waals surface area contributed by atoms with E-state index in [1.807, 2.05) is 20.8 Å². The summed E-state index contributed by atoms with van der Waals surface area (Å²) < 4.78 is 16.8. The van der Waals surface area contributed by atoms with E-state index in [9.17, 15) is 19.5 Å². The third-order valence-corrected chi connectivity index (χ3v) is 4.98. The van der Waals surface area contributed by atoms with Gasteiger partial charge in [-0.25, -0.2) is 4.79 Å². The number of esters is 1. The standard InChI is InChI=1S/C23H26O7/c1-6-8-15(25)19-20(27)18-14(16(7-2)28-12(3)24)11-17(26)29-21(18)13-9-10-23(4,5)30-22(13)19/h9-11,16,27H,6-8H2,1-5H3/t16-/m1/s1. The molecule has 1 aromatic carbocycles. The van der Waals surface area contributed by atoms with Crippen LogP contribution in [0.3, 0.4) is 0 Å². The number of carbonyl (C=O) groups excluding carboxylic acids is 2. The van der Waals surface area contributed by atoms with Crippen LogP contribution in [0, 0.1) is 0 Å². The van der Waals surface area contributed by atoms with E-state index >= 15 is 0 Å². The Bertz CT molecular complexity index is 1100. The molecule has 0 radical (unpaired) electrons. The molecular formula is C23H26O7. The third kappa shape index (κ3) is 3.84. The number of ketones is 1. The first-order valence-corrected chi connectivity index (χ1v) is 10.0. The van der Waals surface area contributed by atoms with E-state index < -0.39 is 23.3 Å². The molecule has 0 saturated heterocycles. The Kier molecular flexibility index (Phi) is 5.74. The fraction of sp³-hybridized carbons (Fsp3) is 0.435. The lowest BCUT2D eigenvalue weighted by Gasteiger charge is -2.30. The Hall–Kier alpha value is -3.09. The van der Waals surface area contributed by atoms with Gasteiger partial charge in [-0.15, -0.1) is 0 Å². The first kappa shape index (κ1) is 21.6. The van der Waals surface area contributed by atoms with Crippen LogP contribution in [0.15, 0.2) is 21.4 Å². The normalized spacial score (nSPS) is 15.4. The highest BCUT2D eigenvalue weighted by molar-refractivity contribution is 6.10. The van der Waals surface area contributed by atoms with E-state index in [-0.39, 0.29) is 40.2 Å². The molecule has 0 unspecified atom stereocenters. The van der Waals surface area contributed by atoms with Gasteiger partial charge in [0.05, 0.1) is 10.9 Å². The number of aromatic hydroxyl groups is 1. The molecule has 7 heteroatoms. The number of phenolic OH excluding ortho intramolecular Hbond substituents is 1. The largest absolute Gasteiger partial charge is 0.506 e. The lowest BCUT2D eigenvalue weighted by molar-refractivity contribution is -0.146. The van der Waals surface area contributed by atoms with Gasteiger partial charge in [-0.1, -0.05) is 13.8 Å². The van der Waals surface area contributed by atoms with Crippen LogP contribution in [0.5, 0.6) is 11.5 Å². The van der Waals surface area contributed by atoms with E-state index in [1.54, 1.807) is 19.1 Å². The molecule has 1 atom stereocenters. The molecule has 0 bridgehead atoms. The van der Waals surface area contributed by atoms with Crippen molar-refractivity contribution in [1.82, 2.24) is 0 Å². The molecular weight excluding hydrogens is 388 g/mol. The van der Waals surface area contributed by atoms with Crippen LogP contribution >= 0.6 is 0 Å². The van der Waals surface area contributed by atoms with Crippen LogP contribution < -0.4 is 10.4 Å².